The second kappa shape index (κ2) is 3.64. The summed E-state index contributed by atoms with van der Waals surface area (Å²) in [5.41, 5.74) is 0. The minimum Gasteiger partial charge on any atom is -0.393 e. The zero-order chi connectivity index (χ0) is 6.57. The van der Waals surface area contributed by atoms with Crippen LogP contribution in [-0.2, 0) is 0 Å². The van der Waals surface area contributed by atoms with E-state index in [1.54, 1.807) is 6.92 Å². The Morgan fingerprint density at radius 2 is 2.12 bits per heavy atom. The summed E-state index contributed by atoms with van der Waals surface area (Å²) < 4.78 is 0. The smallest absolute Gasteiger partial charge is 0.0742 e. The van der Waals surface area contributed by atoms with Crippen molar-refractivity contribution in [1.82, 2.24) is 0 Å². The first-order valence-electron chi connectivity index (χ1n) is 2.65. The maximum atomic E-state index is 8.75. The molecule has 48 valence electrons. The van der Waals surface area contributed by atoms with Crippen molar-refractivity contribution >= 4 is 0 Å². The molecule has 2 heteroatoms. The predicted molar refractivity (Wildman–Crippen MR) is 32.5 cm³/mol. The topological polar surface area (TPSA) is 40.5 Å². The predicted octanol–water partition coefficient (Wildman–Crippen LogP) is 0.304. The summed E-state index contributed by atoms with van der Waals surface area (Å²) in [6, 6.07) is 0. The Balaban J connectivity index is 3.23. The van der Waals surface area contributed by atoms with E-state index in [-0.39, 0.29) is 0 Å². The van der Waals surface area contributed by atoms with Gasteiger partial charge in [-0.25, -0.2) is 0 Å². The third-order valence-electron chi connectivity index (χ3n) is 0.855. The van der Waals surface area contributed by atoms with Gasteiger partial charge in [-0.2, -0.15) is 0 Å². The SMILES string of the molecule is C=CC(O)C[C@H](C)O. The summed E-state index contributed by atoms with van der Waals surface area (Å²) in [7, 11) is 0. The lowest BCUT2D eigenvalue weighted by Gasteiger charge is -2.05. The summed E-state index contributed by atoms with van der Waals surface area (Å²) >= 11 is 0. The lowest BCUT2D eigenvalue weighted by molar-refractivity contribution is 0.117. The molecule has 0 aromatic heterocycles. The van der Waals surface area contributed by atoms with Gasteiger partial charge in [-0.15, -0.1) is 6.58 Å². The molecule has 0 fully saturated rings. The van der Waals surface area contributed by atoms with E-state index in [0.29, 0.717) is 6.42 Å². The fraction of sp³-hybridized carbons (Fsp3) is 0.667. The largest absolute Gasteiger partial charge is 0.393 e. The van der Waals surface area contributed by atoms with E-state index in [2.05, 4.69) is 6.58 Å². The van der Waals surface area contributed by atoms with E-state index in [1.807, 2.05) is 0 Å². The van der Waals surface area contributed by atoms with Crippen LogP contribution in [0, 0.1) is 0 Å². The van der Waals surface area contributed by atoms with E-state index in [0.717, 1.165) is 0 Å². The van der Waals surface area contributed by atoms with Crippen LogP contribution in [0.2, 0.25) is 0 Å². The van der Waals surface area contributed by atoms with Gasteiger partial charge in [0.05, 0.1) is 12.2 Å². The first-order valence-corrected chi connectivity index (χ1v) is 2.65. The van der Waals surface area contributed by atoms with Crippen LogP contribution in [0.3, 0.4) is 0 Å². The summed E-state index contributed by atoms with van der Waals surface area (Å²) in [5, 5.41) is 17.4. The zero-order valence-corrected chi connectivity index (χ0v) is 5.04. The quantitative estimate of drug-likeness (QED) is 0.521. The van der Waals surface area contributed by atoms with Crippen molar-refractivity contribution in [1.29, 1.82) is 0 Å². The first kappa shape index (κ1) is 7.66. The van der Waals surface area contributed by atoms with Gasteiger partial charge in [0.15, 0.2) is 0 Å². The molecule has 0 aromatic carbocycles. The van der Waals surface area contributed by atoms with Gasteiger partial charge in [0, 0.05) is 6.42 Å². The number of hydrogen-bond donors (Lipinski definition) is 2. The van der Waals surface area contributed by atoms with Gasteiger partial charge < -0.3 is 10.2 Å². The molecular formula is C6H12O2. The number of aliphatic hydroxyl groups excluding tert-OH is 2. The van der Waals surface area contributed by atoms with Gasteiger partial charge in [-0.05, 0) is 6.92 Å². The Labute approximate surface area is 49.5 Å². The number of rotatable bonds is 3. The number of hydrogen-bond acceptors (Lipinski definition) is 2. The summed E-state index contributed by atoms with van der Waals surface area (Å²) in [6.07, 6.45) is 0.786. The monoisotopic (exact) mass is 116 g/mol. The molecule has 2 atom stereocenters. The van der Waals surface area contributed by atoms with Gasteiger partial charge in [0.2, 0.25) is 0 Å². The van der Waals surface area contributed by atoms with E-state index in [4.69, 9.17) is 10.2 Å². The fourth-order valence-electron chi connectivity index (χ4n) is 0.446. The molecule has 0 aliphatic rings. The van der Waals surface area contributed by atoms with Crippen LogP contribution in [0.15, 0.2) is 12.7 Å². The van der Waals surface area contributed by atoms with Crippen LogP contribution in [0.5, 0.6) is 0 Å². The van der Waals surface area contributed by atoms with Crippen LogP contribution in [0.25, 0.3) is 0 Å². The molecule has 0 aliphatic heterocycles. The van der Waals surface area contributed by atoms with Crippen LogP contribution < -0.4 is 0 Å². The number of aliphatic hydroxyl groups is 2. The van der Waals surface area contributed by atoms with Crippen LogP contribution >= 0.6 is 0 Å². The van der Waals surface area contributed by atoms with Gasteiger partial charge >= 0.3 is 0 Å². The van der Waals surface area contributed by atoms with Crippen molar-refractivity contribution < 1.29 is 10.2 Å². The summed E-state index contributed by atoms with van der Waals surface area (Å²) in [6.45, 7) is 4.98. The maximum Gasteiger partial charge on any atom is 0.0742 e. The molecule has 0 bridgehead atoms. The molecule has 0 rings (SSSR count). The molecule has 8 heavy (non-hydrogen) atoms. The van der Waals surface area contributed by atoms with Crippen molar-refractivity contribution in [2.45, 2.75) is 25.6 Å². The van der Waals surface area contributed by atoms with Crippen molar-refractivity contribution in [3.8, 4) is 0 Å². The van der Waals surface area contributed by atoms with Gasteiger partial charge in [0.25, 0.3) is 0 Å². The maximum absolute atomic E-state index is 8.75. The Bertz CT molecular complexity index is 68.9. The Hall–Kier alpha value is -0.340. The van der Waals surface area contributed by atoms with Crippen LogP contribution in [0.1, 0.15) is 13.3 Å². The lowest BCUT2D eigenvalue weighted by atomic mass is 10.2. The van der Waals surface area contributed by atoms with Gasteiger partial charge in [0.1, 0.15) is 0 Å². The van der Waals surface area contributed by atoms with E-state index < -0.39 is 12.2 Å². The van der Waals surface area contributed by atoms with Gasteiger partial charge in [-0.1, -0.05) is 6.08 Å². The lowest BCUT2D eigenvalue weighted by Crippen LogP contribution is -2.11. The van der Waals surface area contributed by atoms with Crippen molar-refractivity contribution in [3.63, 3.8) is 0 Å². The molecule has 0 spiro atoms. The summed E-state index contributed by atoms with van der Waals surface area (Å²) in [5.74, 6) is 0. The molecule has 0 heterocycles. The Morgan fingerprint density at radius 3 is 2.25 bits per heavy atom. The zero-order valence-electron chi connectivity index (χ0n) is 5.04. The molecule has 0 amide bonds. The molecule has 1 unspecified atom stereocenters. The third kappa shape index (κ3) is 3.84. The van der Waals surface area contributed by atoms with Crippen molar-refractivity contribution in [2.24, 2.45) is 0 Å². The minimum absolute atomic E-state index is 0.378. The molecule has 0 aromatic rings. The minimum atomic E-state index is -0.560. The van der Waals surface area contributed by atoms with Crippen LogP contribution in [-0.4, -0.2) is 22.4 Å². The second-order valence-electron chi connectivity index (χ2n) is 1.89. The molecule has 0 aliphatic carbocycles. The third-order valence-corrected chi connectivity index (χ3v) is 0.855. The molecule has 0 saturated carbocycles. The molecule has 0 saturated heterocycles. The van der Waals surface area contributed by atoms with E-state index in [1.165, 1.54) is 6.08 Å². The highest BCUT2D eigenvalue weighted by Gasteiger charge is 2.01. The highest BCUT2D eigenvalue weighted by molar-refractivity contribution is 4.78. The first-order chi connectivity index (χ1) is 3.66. The Kier molecular flexibility index (Phi) is 3.48. The van der Waals surface area contributed by atoms with Crippen LogP contribution in [0.4, 0.5) is 0 Å². The average Bonchev–Trinajstić information content (AvgIpc) is 1.65. The molecule has 2 nitrogen and oxygen atoms in total. The average molecular weight is 116 g/mol. The summed E-state index contributed by atoms with van der Waals surface area (Å²) in [4.78, 5) is 0. The highest BCUT2D eigenvalue weighted by Crippen LogP contribution is 1.96. The van der Waals surface area contributed by atoms with E-state index >= 15 is 0 Å². The normalized spacial score (nSPS) is 17.4. The Morgan fingerprint density at radius 1 is 1.62 bits per heavy atom. The second-order valence-corrected chi connectivity index (χ2v) is 1.89. The van der Waals surface area contributed by atoms with Crippen molar-refractivity contribution in [2.75, 3.05) is 0 Å². The fourth-order valence-corrected chi connectivity index (χ4v) is 0.446. The van der Waals surface area contributed by atoms with Gasteiger partial charge in [-0.3, -0.25) is 0 Å². The molecule has 0 radical (unpaired) electrons. The molecular weight excluding hydrogens is 104 g/mol. The van der Waals surface area contributed by atoms with E-state index in [9.17, 15) is 0 Å². The van der Waals surface area contributed by atoms with Crippen molar-refractivity contribution in [3.05, 3.63) is 12.7 Å². The molecule has 2 N–H and O–H groups in total. The highest BCUT2D eigenvalue weighted by atomic mass is 16.3. The standard InChI is InChI=1S/C6H12O2/c1-3-6(8)4-5(2)7/h3,5-8H,1,4H2,2H3/t5-,6?/m0/s1.